The van der Waals surface area contributed by atoms with Gasteiger partial charge in [0.25, 0.3) is 5.91 Å². The molecule has 4 aromatic rings. The molecule has 1 aliphatic rings. The molecule has 0 saturated heterocycles. The third-order valence-corrected chi connectivity index (χ3v) is 5.63. The van der Waals surface area contributed by atoms with Crippen molar-refractivity contribution in [1.82, 2.24) is 4.98 Å². The van der Waals surface area contributed by atoms with E-state index in [2.05, 4.69) is 4.98 Å². The summed E-state index contributed by atoms with van der Waals surface area (Å²) in [5, 5.41) is 2.76. The zero-order valence-electron chi connectivity index (χ0n) is 14.1. The van der Waals surface area contributed by atoms with E-state index >= 15 is 0 Å². The normalized spacial score (nSPS) is 16.0. The van der Waals surface area contributed by atoms with Crippen LogP contribution in [0, 0.1) is 5.82 Å². The number of carbonyl (C=O) groups is 1. The Morgan fingerprint density at radius 2 is 2.04 bits per heavy atom. The summed E-state index contributed by atoms with van der Waals surface area (Å²) in [6.45, 7) is 0. The predicted molar refractivity (Wildman–Crippen MR) is 105 cm³/mol. The number of hydrogen-bond donors (Lipinski definition) is 0. The highest BCUT2D eigenvalue weighted by Gasteiger charge is 2.44. The number of halogens is 2. The van der Waals surface area contributed by atoms with E-state index in [1.165, 1.54) is 40.5 Å². The quantitative estimate of drug-likeness (QED) is 0.474. The molecule has 0 radical (unpaired) electrons. The molecule has 28 heavy (non-hydrogen) atoms. The van der Waals surface area contributed by atoms with Gasteiger partial charge in [-0.05, 0) is 35.9 Å². The van der Waals surface area contributed by atoms with Crippen molar-refractivity contribution in [3.63, 3.8) is 0 Å². The summed E-state index contributed by atoms with van der Waals surface area (Å²) in [7, 11) is 0. The molecule has 0 N–H and O–H groups in total. The number of thiazole rings is 1. The second-order valence-electron chi connectivity index (χ2n) is 6.26. The molecule has 5 nitrogen and oxygen atoms in total. The van der Waals surface area contributed by atoms with Crippen molar-refractivity contribution in [2.75, 3.05) is 4.90 Å². The molecule has 0 unspecified atom stereocenters. The number of amides is 1. The summed E-state index contributed by atoms with van der Waals surface area (Å²) < 4.78 is 19.7. The average molecular weight is 413 g/mol. The molecule has 1 amide bonds. The summed E-state index contributed by atoms with van der Waals surface area (Å²) in [6, 6.07) is 9.60. The lowest BCUT2D eigenvalue weighted by Crippen LogP contribution is -2.29. The van der Waals surface area contributed by atoms with Gasteiger partial charge in [-0.3, -0.25) is 14.5 Å². The smallest absolute Gasteiger partial charge is 0.297 e. The van der Waals surface area contributed by atoms with Gasteiger partial charge >= 0.3 is 0 Å². The van der Waals surface area contributed by atoms with Crippen LogP contribution in [-0.2, 0) is 0 Å². The first kappa shape index (κ1) is 17.1. The lowest BCUT2D eigenvalue weighted by molar-refractivity contribution is 0.0971. The van der Waals surface area contributed by atoms with Crippen LogP contribution in [0.5, 0.6) is 0 Å². The van der Waals surface area contributed by atoms with Gasteiger partial charge < -0.3 is 4.42 Å². The molecule has 0 aliphatic carbocycles. The number of hydrogen-bond acceptors (Lipinski definition) is 5. The topological polar surface area (TPSA) is 63.4 Å². The van der Waals surface area contributed by atoms with Crippen LogP contribution in [0.4, 0.5) is 9.52 Å². The monoisotopic (exact) mass is 412 g/mol. The summed E-state index contributed by atoms with van der Waals surface area (Å²) in [6.07, 6.45) is 1.56. The van der Waals surface area contributed by atoms with E-state index in [1.807, 2.05) is 0 Å². The summed E-state index contributed by atoms with van der Waals surface area (Å²) in [5.74, 6) is -1.02. The van der Waals surface area contributed by atoms with Crippen LogP contribution >= 0.6 is 22.9 Å². The average Bonchev–Trinajstić information content (AvgIpc) is 3.29. The van der Waals surface area contributed by atoms with E-state index < -0.39 is 17.8 Å². The second-order valence-corrected chi connectivity index (χ2v) is 7.57. The van der Waals surface area contributed by atoms with Gasteiger partial charge in [-0.15, -0.1) is 11.3 Å². The van der Waals surface area contributed by atoms with Crippen LogP contribution in [0.1, 0.15) is 27.7 Å². The Balaban J connectivity index is 1.85. The predicted octanol–water partition coefficient (Wildman–Crippen LogP) is 4.79. The highest BCUT2D eigenvalue weighted by atomic mass is 35.5. The van der Waals surface area contributed by atoms with Gasteiger partial charge in [0, 0.05) is 16.6 Å². The standard InChI is InChI=1S/C20H10ClFN2O3S/c21-11-4-5-14-13(9-11)17(25)15-16(10-2-1-3-12(22)8-10)24(19(26)18(15)27-14)20-23-6-7-28-20/h1-9,16H/t16-/m0/s1. The maximum absolute atomic E-state index is 13.9. The fraction of sp³-hybridized carbons (Fsp3) is 0.0500. The highest BCUT2D eigenvalue weighted by molar-refractivity contribution is 7.13. The van der Waals surface area contributed by atoms with Crippen molar-refractivity contribution < 1.29 is 13.6 Å². The molecule has 0 bridgehead atoms. The Labute approximate surface area is 166 Å². The van der Waals surface area contributed by atoms with Gasteiger partial charge in [0.15, 0.2) is 10.6 Å². The number of anilines is 1. The molecule has 0 spiro atoms. The number of fused-ring (bicyclic) bond motifs is 2. The molecular formula is C20H10ClFN2O3S. The third-order valence-electron chi connectivity index (χ3n) is 4.62. The highest BCUT2D eigenvalue weighted by Crippen LogP contribution is 2.42. The summed E-state index contributed by atoms with van der Waals surface area (Å²) in [4.78, 5) is 32.0. The van der Waals surface area contributed by atoms with E-state index in [0.717, 1.165) is 0 Å². The zero-order valence-corrected chi connectivity index (χ0v) is 15.6. The van der Waals surface area contributed by atoms with Crippen LogP contribution in [0.15, 0.2) is 63.3 Å². The van der Waals surface area contributed by atoms with Crippen LogP contribution in [0.25, 0.3) is 11.0 Å². The first-order valence-electron chi connectivity index (χ1n) is 8.29. The van der Waals surface area contributed by atoms with Gasteiger partial charge in [-0.25, -0.2) is 9.37 Å². The Morgan fingerprint density at radius 1 is 1.18 bits per heavy atom. The molecule has 138 valence electrons. The molecule has 3 heterocycles. The largest absolute Gasteiger partial charge is 0.450 e. The molecule has 1 atom stereocenters. The number of benzene rings is 2. The number of carbonyl (C=O) groups excluding carboxylic acids is 1. The Morgan fingerprint density at radius 3 is 2.79 bits per heavy atom. The maximum atomic E-state index is 13.9. The first-order chi connectivity index (χ1) is 13.5. The van der Waals surface area contributed by atoms with Crippen LogP contribution in [0.2, 0.25) is 5.02 Å². The molecule has 5 rings (SSSR count). The van der Waals surface area contributed by atoms with E-state index in [0.29, 0.717) is 15.7 Å². The van der Waals surface area contributed by atoms with Crippen molar-refractivity contribution in [2.45, 2.75) is 6.04 Å². The van der Waals surface area contributed by atoms with Crippen molar-refractivity contribution >= 4 is 44.9 Å². The minimum absolute atomic E-state index is 0.0655. The van der Waals surface area contributed by atoms with Crippen molar-refractivity contribution in [3.05, 3.63) is 92.0 Å². The van der Waals surface area contributed by atoms with Crippen LogP contribution in [0.3, 0.4) is 0 Å². The fourth-order valence-electron chi connectivity index (χ4n) is 3.47. The number of nitrogens with zero attached hydrogens (tertiary/aromatic N) is 2. The van der Waals surface area contributed by atoms with E-state index in [1.54, 1.807) is 29.8 Å². The number of aromatic nitrogens is 1. The van der Waals surface area contributed by atoms with Gasteiger partial charge in [0.2, 0.25) is 5.76 Å². The van der Waals surface area contributed by atoms with Gasteiger partial charge in [-0.1, -0.05) is 23.7 Å². The molecule has 0 saturated carbocycles. The molecule has 2 aromatic heterocycles. The lowest BCUT2D eigenvalue weighted by Gasteiger charge is -2.22. The third kappa shape index (κ3) is 2.47. The maximum Gasteiger partial charge on any atom is 0.297 e. The minimum atomic E-state index is -0.844. The molecule has 8 heteroatoms. The van der Waals surface area contributed by atoms with E-state index in [-0.39, 0.29) is 27.7 Å². The Bertz CT molecular complexity index is 1300. The van der Waals surface area contributed by atoms with Crippen molar-refractivity contribution in [3.8, 4) is 0 Å². The SMILES string of the molecule is O=C1c2oc3ccc(Cl)cc3c(=O)c2[C@H](c2cccc(F)c2)N1c1nccs1. The van der Waals surface area contributed by atoms with Crippen molar-refractivity contribution in [1.29, 1.82) is 0 Å². The van der Waals surface area contributed by atoms with Crippen molar-refractivity contribution in [2.24, 2.45) is 0 Å². The molecule has 1 aliphatic heterocycles. The van der Waals surface area contributed by atoms with Gasteiger partial charge in [0.05, 0.1) is 17.0 Å². The first-order valence-corrected chi connectivity index (χ1v) is 9.55. The van der Waals surface area contributed by atoms with Gasteiger partial charge in [0.1, 0.15) is 11.4 Å². The summed E-state index contributed by atoms with van der Waals surface area (Å²) >= 11 is 7.28. The van der Waals surface area contributed by atoms with Crippen LogP contribution in [-0.4, -0.2) is 10.9 Å². The lowest BCUT2D eigenvalue weighted by atomic mass is 9.98. The zero-order chi connectivity index (χ0) is 19.4. The Kier molecular flexibility index (Phi) is 3.82. The molecule has 0 fully saturated rings. The summed E-state index contributed by atoms with van der Waals surface area (Å²) in [5.41, 5.74) is 0.498. The minimum Gasteiger partial charge on any atom is -0.450 e. The Hall–Kier alpha value is -3.03. The molecular weight excluding hydrogens is 403 g/mol. The van der Waals surface area contributed by atoms with Gasteiger partial charge in [-0.2, -0.15) is 0 Å². The second kappa shape index (κ2) is 6.25. The number of rotatable bonds is 2. The van der Waals surface area contributed by atoms with Crippen LogP contribution < -0.4 is 10.3 Å². The fourth-order valence-corrected chi connectivity index (χ4v) is 4.31. The van der Waals surface area contributed by atoms with E-state index in [9.17, 15) is 14.0 Å². The van der Waals surface area contributed by atoms with E-state index in [4.69, 9.17) is 16.0 Å². The molecule has 2 aromatic carbocycles.